The molecule has 0 aliphatic carbocycles. The lowest BCUT2D eigenvalue weighted by atomic mass is 10.0. The number of aryl methyl sites for hydroxylation is 1. The second kappa shape index (κ2) is 8.17. The number of hydrogen-bond acceptors (Lipinski definition) is 3. The molecule has 0 aromatic heterocycles. The molecule has 2 aromatic carbocycles. The minimum Gasteiger partial charge on any atom is -0.497 e. The van der Waals surface area contributed by atoms with E-state index in [9.17, 15) is 4.79 Å². The molecule has 2 aromatic rings. The van der Waals surface area contributed by atoms with E-state index < -0.39 is 0 Å². The average molecular weight is 338 g/mol. The number of amides is 1. The van der Waals surface area contributed by atoms with Crippen LogP contribution in [0.3, 0.4) is 0 Å². The summed E-state index contributed by atoms with van der Waals surface area (Å²) in [5, 5.41) is 3.11. The molecule has 1 amide bonds. The zero-order valence-electron chi connectivity index (χ0n) is 15.0. The smallest absolute Gasteiger partial charge is 0.251 e. The number of likely N-dealkylation sites (tertiary alicyclic amines) is 1. The molecule has 1 N–H and O–H groups in total. The van der Waals surface area contributed by atoms with Crippen molar-refractivity contribution in [3.05, 3.63) is 65.2 Å². The van der Waals surface area contributed by atoms with Crippen molar-refractivity contribution in [1.29, 1.82) is 0 Å². The number of nitrogens with zero attached hydrogens (tertiary/aromatic N) is 1. The molecule has 1 aliphatic heterocycles. The van der Waals surface area contributed by atoms with Crippen molar-refractivity contribution in [2.24, 2.45) is 0 Å². The summed E-state index contributed by atoms with van der Waals surface area (Å²) in [6.07, 6.45) is 2.43. The molecule has 0 saturated carbocycles. The summed E-state index contributed by atoms with van der Waals surface area (Å²) in [7, 11) is 1.68. The van der Waals surface area contributed by atoms with Crippen molar-refractivity contribution < 1.29 is 9.53 Å². The first-order chi connectivity index (χ1) is 12.2. The van der Waals surface area contributed by atoms with Crippen LogP contribution in [-0.2, 0) is 0 Å². The monoisotopic (exact) mass is 338 g/mol. The van der Waals surface area contributed by atoms with E-state index >= 15 is 0 Å². The summed E-state index contributed by atoms with van der Waals surface area (Å²) in [5.41, 5.74) is 3.05. The lowest BCUT2D eigenvalue weighted by Gasteiger charge is -2.28. The van der Waals surface area contributed by atoms with Gasteiger partial charge in [0.05, 0.1) is 13.2 Å². The molecule has 132 valence electrons. The van der Waals surface area contributed by atoms with Gasteiger partial charge >= 0.3 is 0 Å². The molecule has 1 heterocycles. The van der Waals surface area contributed by atoms with Gasteiger partial charge in [0.15, 0.2) is 0 Å². The highest BCUT2D eigenvalue weighted by Gasteiger charge is 2.24. The normalized spacial score (nSPS) is 15.8. The SMILES string of the molecule is COc1cccc(C(CNC(=O)c2ccc(C)cc2)N2CCCC2)c1. The molecule has 0 bridgehead atoms. The lowest BCUT2D eigenvalue weighted by molar-refractivity contribution is 0.0938. The first kappa shape index (κ1) is 17.5. The minimum absolute atomic E-state index is 0.0212. The summed E-state index contributed by atoms with van der Waals surface area (Å²) in [4.78, 5) is 14.9. The fourth-order valence-corrected chi connectivity index (χ4v) is 3.36. The summed E-state index contributed by atoms with van der Waals surface area (Å²) < 4.78 is 5.37. The Kier molecular flexibility index (Phi) is 5.71. The standard InChI is InChI=1S/C21H26N2O2/c1-16-8-10-17(11-9-16)21(24)22-15-20(23-12-3-4-13-23)18-6-5-7-19(14-18)25-2/h5-11,14,20H,3-4,12-13,15H2,1-2H3,(H,22,24). The second-order valence-corrected chi connectivity index (χ2v) is 6.61. The van der Waals surface area contributed by atoms with Crippen molar-refractivity contribution in [3.63, 3.8) is 0 Å². The van der Waals surface area contributed by atoms with Crippen LogP contribution in [0.1, 0.15) is 40.4 Å². The zero-order valence-corrected chi connectivity index (χ0v) is 15.0. The van der Waals surface area contributed by atoms with E-state index in [2.05, 4.69) is 22.3 Å². The topological polar surface area (TPSA) is 41.6 Å². The highest BCUT2D eigenvalue weighted by Crippen LogP contribution is 2.27. The maximum atomic E-state index is 12.5. The first-order valence-electron chi connectivity index (χ1n) is 8.90. The van der Waals surface area contributed by atoms with E-state index in [0.717, 1.165) is 24.4 Å². The van der Waals surface area contributed by atoms with Crippen LogP contribution < -0.4 is 10.1 Å². The van der Waals surface area contributed by atoms with Crippen molar-refractivity contribution >= 4 is 5.91 Å². The highest BCUT2D eigenvalue weighted by atomic mass is 16.5. The average Bonchev–Trinajstić information content (AvgIpc) is 3.17. The molecule has 0 radical (unpaired) electrons. The number of carbonyl (C=O) groups excluding carboxylic acids is 1. The van der Waals surface area contributed by atoms with Gasteiger partial charge in [0.2, 0.25) is 0 Å². The van der Waals surface area contributed by atoms with E-state index in [1.165, 1.54) is 18.4 Å². The van der Waals surface area contributed by atoms with Crippen molar-refractivity contribution in [2.75, 3.05) is 26.7 Å². The van der Waals surface area contributed by atoms with Gasteiger partial charge in [-0.15, -0.1) is 0 Å². The van der Waals surface area contributed by atoms with Gasteiger partial charge in [-0.25, -0.2) is 0 Å². The first-order valence-corrected chi connectivity index (χ1v) is 8.90. The molecule has 1 aliphatic rings. The van der Waals surface area contributed by atoms with Crippen LogP contribution in [0, 0.1) is 6.92 Å². The third-order valence-corrected chi connectivity index (χ3v) is 4.83. The van der Waals surface area contributed by atoms with Crippen LogP contribution in [0.15, 0.2) is 48.5 Å². The highest BCUT2D eigenvalue weighted by molar-refractivity contribution is 5.94. The molecule has 1 unspecified atom stereocenters. The molecule has 0 spiro atoms. The Hall–Kier alpha value is -2.33. The van der Waals surface area contributed by atoms with E-state index in [4.69, 9.17) is 4.74 Å². The number of methoxy groups -OCH3 is 1. The van der Waals surface area contributed by atoms with E-state index in [0.29, 0.717) is 12.1 Å². The largest absolute Gasteiger partial charge is 0.497 e. The van der Waals surface area contributed by atoms with Crippen LogP contribution in [-0.4, -0.2) is 37.6 Å². The number of rotatable bonds is 6. The molecule has 4 nitrogen and oxygen atoms in total. The molecule has 1 atom stereocenters. The van der Waals surface area contributed by atoms with Crippen LogP contribution in [0.2, 0.25) is 0 Å². The number of ether oxygens (including phenoxy) is 1. The molecular weight excluding hydrogens is 312 g/mol. The number of carbonyl (C=O) groups is 1. The molecule has 3 rings (SSSR count). The molecule has 25 heavy (non-hydrogen) atoms. The fourth-order valence-electron chi connectivity index (χ4n) is 3.36. The Morgan fingerprint density at radius 1 is 1.16 bits per heavy atom. The Morgan fingerprint density at radius 3 is 2.56 bits per heavy atom. The van der Waals surface area contributed by atoms with Crippen LogP contribution in [0.4, 0.5) is 0 Å². The Bertz CT molecular complexity index is 706. The Morgan fingerprint density at radius 2 is 1.88 bits per heavy atom. The van der Waals surface area contributed by atoms with Crippen LogP contribution in [0.25, 0.3) is 0 Å². The fraction of sp³-hybridized carbons (Fsp3) is 0.381. The Labute approximate surface area is 149 Å². The predicted molar refractivity (Wildman–Crippen MR) is 100 cm³/mol. The third kappa shape index (κ3) is 4.40. The maximum absolute atomic E-state index is 12.5. The minimum atomic E-state index is -0.0212. The van der Waals surface area contributed by atoms with Crippen LogP contribution >= 0.6 is 0 Å². The third-order valence-electron chi connectivity index (χ3n) is 4.83. The molecule has 4 heteroatoms. The van der Waals surface area contributed by atoms with Gasteiger partial charge in [-0.1, -0.05) is 29.8 Å². The Balaban J connectivity index is 1.73. The van der Waals surface area contributed by atoms with Gasteiger partial charge in [-0.05, 0) is 62.7 Å². The molecule has 1 fully saturated rings. The number of benzene rings is 2. The number of hydrogen-bond donors (Lipinski definition) is 1. The summed E-state index contributed by atoms with van der Waals surface area (Å²) in [6.45, 7) is 4.76. The van der Waals surface area contributed by atoms with Gasteiger partial charge in [0, 0.05) is 12.1 Å². The predicted octanol–water partition coefficient (Wildman–Crippen LogP) is 3.57. The van der Waals surface area contributed by atoms with Gasteiger partial charge in [-0.3, -0.25) is 9.69 Å². The van der Waals surface area contributed by atoms with Crippen molar-refractivity contribution in [3.8, 4) is 5.75 Å². The maximum Gasteiger partial charge on any atom is 0.251 e. The molecule has 1 saturated heterocycles. The second-order valence-electron chi connectivity index (χ2n) is 6.61. The van der Waals surface area contributed by atoms with Gasteiger partial charge in [0.25, 0.3) is 5.91 Å². The van der Waals surface area contributed by atoms with Gasteiger partial charge < -0.3 is 10.1 Å². The summed E-state index contributed by atoms with van der Waals surface area (Å²) in [5.74, 6) is 0.832. The summed E-state index contributed by atoms with van der Waals surface area (Å²) in [6, 6.07) is 16.0. The van der Waals surface area contributed by atoms with Crippen molar-refractivity contribution in [2.45, 2.75) is 25.8 Å². The molecular formula is C21H26N2O2. The quantitative estimate of drug-likeness (QED) is 0.875. The van der Waals surface area contributed by atoms with E-state index in [1.54, 1.807) is 7.11 Å². The van der Waals surface area contributed by atoms with Gasteiger partial charge in [0.1, 0.15) is 5.75 Å². The van der Waals surface area contributed by atoms with E-state index in [-0.39, 0.29) is 11.9 Å². The number of nitrogens with one attached hydrogen (secondary N) is 1. The van der Waals surface area contributed by atoms with Crippen LogP contribution in [0.5, 0.6) is 5.75 Å². The van der Waals surface area contributed by atoms with Gasteiger partial charge in [-0.2, -0.15) is 0 Å². The zero-order chi connectivity index (χ0) is 17.6. The van der Waals surface area contributed by atoms with Crippen molar-refractivity contribution in [1.82, 2.24) is 10.2 Å². The lowest BCUT2D eigenvalue weighted by Crippen LogP contribution is -2.36. The van der Waals surface area contributed by atoms with E-state index in [1.807, 2.05) is 43.3 Å². The summed E-state index contributed by atoms with van der Waals surface area (Å²) >= 11 is 0.